The van der Waals surface area contributed by atoms with Gasteiger partial charge in [0.05, 0.1) is 16.9 Å². The van der Waals surface area contributed by atoms with Crippen molar-refractivity contribution in [3.8, 4) is 0 Å². The van der Waals surface area contributed by atoms with Crippen LogP contribution >= 0.6 is 0 Å². The van der Waals surface area contributed by atoms with Crippen LogP contribution in [0.2, 0.25) is 0 Å². The number of nitrogens with one attached hydrogen (secondary N) is 2. The van der Waals surface area contributed by atoms with Crippen molar-refractivity contribution in [2.75, 3.05) is 18.5 Å². The average Bonchev–Trinajstić information content (AvgIpc) is 3.01. The fraction of sp³-hybridized carbons (Fsp3) is 0.429. The summed E-state index contributed by atoms with van der Waals surface area (Å²) in [6.45, 7) is 7.68. The topological polar surface area (TPSA) is 111 Å². The Kier molecular flexibility index (Phi) is 7.94. The van der Waals surface area contributed by atoms with Crippen LogP contribution < -0.4 is 10.6 Å². The van der Waals surface area contributed by atoms with Gasteiger partial charge in [-0.15, -0.1) is 0 Å². The van der Waals surface area contributed by atoms with E-state index in [9.17, 15) is 14.4 Å². The maximum absolute atomic E-state index is 12.3. The highest BCUT2D eigenvalue weighted by Gasteiger charge is 2.15. The first-order valence-corrected chi connectivity index (χ1v) is 9.52. The zero-order valence-corrected chi connectivity index (χ0v) is 17.2. The van der Waals surface area contributed by atoms with Crippen LogP contribution in [0.4, 0.5) is 5.69 Å². The normalized spacial score (nSPS) is 10.7. The van der Waals surface area contributed by atoms with Gasteiger partial charge in [-0.3, -0.25) is 14.4 Å². The number of nitrogens with zero attached hydrogens (tertiary/aromatic N) is 1. The number of carbonyl (C=O) groups is 3. The Labute approximate surface area is 170 Å². The number of rotatable bonds is 9. The molecule has 8 nitrogen and oxygen atoms in total. The Bertz CT molecular complexity index is 853. The summed E-state index contributed by atoms with van der Waals surface area (Å²) in [5.74, 6) is -0.306. The maximum atomic E-state index is 12.3. The fourth-order valence-electron chi connectivity index (χ4n) is 2.67. The molecule has 2 N–H and O–H groups in total. The average molecular weight is 401 g/mol. The number of amides is 2. The number of aryl methyl sites for hydroxylation is 2. The van der Waals surface area contributed by atoms with Crippen molar-refractivity contribution in [1.29, 1.82) is 0 Å². The number of aromatic nitrogens is 1. The number of para-hydroxylation sites is 1. The first-order valence-electron chi connectivity index (χ1n) is 9.52. The minimum Gasteiger partial charge on any atom is -0.456 e. The molecule has 29 heavy (non-hydrogen) atoms. The molecule has 0 radical (unpaired) electrons. The fourth-order valence-corrected chi connectivity index (χ4v) is 2.67. The molecule has 2 aromatic rings. The second-order valence-corrected chi connectivity index (χ2v) is 7.16. The third kappa shape index (κ3) is 6.74. The van der Waals surface area contributed by atoms with E-state index in [2.05, 4.69) is 15.8 Å². The van der Waals surface area contributed by atoms with Crippen LogP contribution in [0.1, 0.15) is 47.6 Å². The van der Waals surface area contributed by atoms with Crippen LogP contribution in [-0.4, -0.2) is 36.1 Å². The van der Waals surface area contributed by atoms with Crippen molar-refractivity contribution in [2.45, 2.75) is 40.5 Å². The molecule has 1 heterocycles. The van der Waals surface area contributed by atoms with Gasteiger partial charge in [-0.05, 0) is 38.3 Å². The minimum atomic E-state index is -0.514. The molecule has 0 bridgehead atoms. The molecule has 0 atom stereocenters. The molecular weight excluding hydrogens is 374 g/mol. The van der Waals surface area contributed by atoms with E-state index >= 15 is 0 Å². The quantitative estimate of drug-likeness (QED) is 0.625. The number of hydrogen-bond donors (Lipinski definition) is 2. The van der Waals surface area contributed by atoms with Gasteiger partial charge in [0.25, 0.3) is 11.8 Å². The number of anilines is 1. The van der Waals surface area contributed by atoms with Crippen molar-refractivity contribution in [1.82, 2.24) is 10.5 Å². The molecule has 0 aliphatic carbocycles. The number of hydrogen-bond acceptors (Lipinski definition) is 6. The minimum absolute atomic E-state index is 0.115. The first-order chi connectivity index (χ1) is 13.8. The van der Waals surface area contributed by atoms with E-state index in [1.54, 1.807) is 38.1 Å². The third-order valence-corrected chi connectivity index (χ3v) is 4.24. The molecule has 8 heteroatoms. The Morgan fingerprint density at radius 1 is 1.17 bits per heavy atom. The summed E-state index contributed by atoms with van der Waals surface area (Å²) in [4.78, 5) is 36.4. The largest absolute Gasteiger partial charge is 0.456 e. The SMILES string of the molecule is Cc1noc(C)c1CCC(=O)OCC(=O)Nc1ccccc1C(=O)NCC(C)C. The summed E-state index contributed by atoms with van der Waals surface area (Å²) in [5, 5.41) is 9.27. The van der Waals surface area contributed by atoms with E-state index in [0.717, 1.165) is 11.3 Å². The molecule has 0 unspecified atom stereocenters. The zero-order chi connectivity index (χ0) is 21.4. The predicted molar refractivity (Wildman–Crippen MR) is 107 cm³/mol. The predicted octanol–water partition coefficient (Wildman–Crippen LogP) is 2.79. The Hall–Kier alpha value is -3.16. The number of ether oxygens (including phenoxy) is 1. The van der Waals surface area contributed by atoms with Gasteiger partial charge in [-0.2, -0.15) is 0 Å². The van der Waals surface area contributed by atoms with Gasteiger partial charge in [0, 0.05) is 18.5 Å². The van der Waals surface area contributed by atoms with Crippen LogP contribution in [0.3, 0.4) is 0 Å². The standard InChI is InChI=1S/C21H27N3O5/c1-13(2)11-22-21(27)17-7-5-6-8-18(17)23-19(25)12-28-20(26)10-9-16-14(3)24-29-15(16)4/h5-8,13H,9-12H2,1-4H3,(H,22,27)(H,23,25). The van der Waals surface area contributed by atoms with E-state index in [4.69, 9.17) is 9.26 Å². The van der Waals surface area contributed by atoms with Crippen LogP contribution in [0.25, 0.3) is 0 Å². The van der Waals surface area contributed by atoms with Crippen LogP contribution in [0.5, 0.6) is 0 Å². The van der Waals surface area contributed by atoms with Crippen molar-refractivity contribution < 1.29 is 23.6 Å². The lowest BCUT2D eigenvalue weighted by Crippen LogP contribution is -2.29. The third-order valence-electron chi connectivity index (χ3n) is 4.24. The van der Waals surface area contributed by atoms with Crippen LogP contribution in [-0.2, 0) is 20.7 Å². The highest BCUT2D eigenvalue weighted by molar-refractivity contribution is 6.04. The maximum Gasteiger partial charge on any atom is 0.306 e. The van der Waals surface area contributed by atoms with Gasteiger partial charge in [0.2, 0.25) is 0 Å². The molecule has 1 aromatic carbocycles. The van der Waals surface area contributed by atoms with E-state index in [-0.39, 0.29) is 12.3 Å². The van der Waals surface area contributed by atoms with Crippen molar-refractivity contribution in [3.05, 3.63) is 46.8 Å². The summed E-state index contributed by atoms with van der Waals surface area (Å²) in [6.07, 6.45) is 0.546. The second-order valence-electron chi connectivity index (χ2n) is 7.16. The lowest BCUT2D eigenvalue weighted by Gasteiger charge is -2.12. The summed E-state index contributed by atoms with van der Waals surface area (Å²) in [7, 11) is 0. The van der Waals surface area contributed by atoms with Crippen molar-refractivity contribution >= 4 is 23.5 Å². The van der Waals surface area contributed by atoms with Crippen LogP contribution in [0.15, 0.2) is 28.8 Å². The molecule has 0 aliphatic rings. The Balaban J connectivity index is 1.84. The number of benzene rings is 1. The summed E-state index contributed by atoms with van der Waals surface area (Å²) < 4.78 is 10.1. The molecule has 1 aromatic heterocycles. The van der Waals surface area contributed by atoms with Gasteiger partial charge >= 0.3 is 5.97 Å². The van der Waals surface area contributed by atoms with E-state index in [0.29, 0.717) is 35.9 Å². The van der Waals surface area contributed by atoms with Crippen LogP contribution in [0, 0.1) is 19.8 Å². The Morgan fingerprint density at radius 3 is 2.55 bits per heavy atom. The highest BCUT2D eigenvalue weighted by atomic mass is 16.5. The lowest BCUT2D eigenvalue weighted by atomic mass is 10.1. The van der Waals surface area contributed by atoms with Gasteiger partial charge in [-0.1, -0.05) is 31.1 Å². The molecule has 0 aliphatic heterocycles. The summed E-state index contributed by atoms with van der Waals surface area (Å²) in [5.41, 5.74) is 2.32. The molecule has 2 amide bonds. The van der Waals surface area contributed by atoms with E-state index in [1.165, 1.54) is 0 Å². The van der Waals surface area contributed by atoms with Crippen molar-refractivity contribution in [2.24, 2.45) is 5.92 Å². The zero-order valence-electron chi connectivity index (χ0n) is 17.2. The van der Waals surface area contributed by atoms with E-state index < -0.39 is 18.5 Å². The summed E-state index contributed by atoms with van der Waals surface area (Å²) >= 11 is 0. The molecular formula is C21H27N3O5. The summed E-state index contributed by atoms with van der Waals surface area (Å²) in [6, 6.07) is 6.68. The van der Waals surface area contributed by atoms with E-state index in [1.807, 2.05) is 13.8 Å². The van der Waals surface area contributed by atoms with Gasteiger partial charge in [0.15, 0.2) is 6.61 Å². The molecule has 0 saturated heterocycles. The van der Waals surface area contributed by atoms with Gasteiger partial charge in [-0.25, -0.2) is 0 Å². The number of esters is 1. The first kappa shape index (κ1) is 22.1. The number of carbonyl (C=O) groups excluding carboxylic acids is 3. The molecule has 0 fully saturated rings. The molecule has 2 rings (SSSR count). The molecule has 0 saturated carbocycles. The van der Waals surface area contributed by atoms with Gasteiger partial charge in [0.1, 0.15) is 5.76 Å². The smallest absolute Gasteiger partial charge is 0.306 e. The van der Waals surface area contributed by atoms with Gasteiger partial charge < -0.3 is 19.9 Å². The second kappa shape index (κ2) is 10.4. The Morgan fingerprint density at radius 2 is 1.90 bits per heavy atom. The van der Waals surface area contributed by atoms with Crippen molar-refractivity contribution in [3.63, 3.8) is 0 Å². The molecule has 0 spiro atoms. The highest BCUT2D eigenvalue weighted by Crippen LogP contribution is 2.16. The lowest BCUT2D eigenvalue weighted by molar-refractivity contribution is -0.147. The monoisotopic (exact) mass is 401 g/mol. The molecule has 156 valence electrons.